The molecule has 0 saturated carbocycles. The predicted molar refractivity (Wildman–Crippen MR) is 60.6 cm³/mol. The van der Waals surface area contributed by atoms with Crippen LogP contribution in [0.1, 0.15) is 35.0 Å². The standard InChI is InChI=1S/C10H18NO4P/c1-9(2)7-14-16(13,15-8-9)10(3)5-4-6-11(10)12/h6H,4-5,7-8H2,1-3H3/i6D. The second kappa shape index (κ2) is 3.56. The number of hydrogen-bond acceptors (Lipinski definition) is 4. The lowest BCUT2D eigenvalue weighted by molar-refractivity contribution is -0.507. The van der Waals surface area contributed by atoms with E-state index in [1.54, 1.807) is 6.92 Å². The lowest BCUT2D eigenvalue weighted by Gasteiger charge is -2.39. The van der Waals surface area contributed by atoms with Gasteiger partial charge in [0.25, 0.3) is 5.28 Å². The van der Waals surface area contributed by atoms with E-state index < -0.39 is 12.9 Å². The van der Waals surface area contributed by atoms with Gasteiger partial charge in [0.05, 0.1) is 13.2 Å². The highest BCUT2D eigenvalue weighted by Gasteiger charge is 2.59. The maximum atomic E-state index is 12.6. The zero-order valence-corrected chi connectivity index (χ0v) is 10.8. The molecule has 0 aliphatic carbocycles. The van der Waals surface area contributed by atoms with Crippen molar-refractivity contribution in [3.63, 3.8) is 0 Å². The smallest absolute Gasteiger partial charge is 0.401 e. The summed E-state index contributed by atoms with van der Waals surface area (Å²) in [5.41, 5.74) is -0.190. The molecule has 1 unspecified atom stereocenters. The van der Waals surface area contributed by atoms with Crippen molar-refractivity contribution in [1.29, 1.82) is 0 Å². The van der Waals surface area contributed by atoms with Crippen LogP contribution in [0.4, 0.5) is 0 Å². The maximum Gasteiger partial charge on any atom is 0.401 e. The van der Waals surface area contributed by atoms with Crippen molar-refractivity contribution >= 4 is 13.8 Å². The summed E-state index contributed by atoms with van der Waals surface area (Å²) in [6.07, 6.45) is 0.604. The molecule has 92 valence electrons. The van der Waals surface area contributed by atoms with Crippen LogP contribution in [0.15, 0.2) is 0 Å². The minimum atomic E-state index is -3.47. The Morgan fingerprint density at radius 1 is 1.44 bits per heavy atom. The summed E-state index contributed by atoms with van der Waals surface area (Å²) < 4.78 is 31.3. The fraction of sp³-hybridized carbons (Fsp3) is 0.900. The first-order valence-corrected chi connectivity index (χ1v) is 6.94. The first-order valence-electron chi connectivity index (χ1n) is 5.89. The average Bonchev–Trinajstić information content (AvgIpc) is 2.53. The molecule has 1 fully saturated rings. The van der Waals surface area contributed by atoms with Gasteiger partial charge in [-0.2, -0.15) is 4.74 Å². The van der Waals surface area contributed by atoms with Gasteiger partial charge in [-0.05, 0) is 0 Å². The Kier molecular flexibility index (Phi) is 2.39. The predicted octanol–water partition coefficient (Wildman–Crippen LogP) is 2.34. The van der Waals surface area contributed by atoms with E-state index in [0.717, 1.165) is 0 Å². The van der Waals surface area contributed by atoms with Crippen LogP contribution in [0.25, 0.3) is 0 Å². The van der Waals surface area contributed by atoms with E-state index in [2.05, 4.69) is 0 Å². The molecule has 0 spiro atoms. The Morgan fingerprint density at radius 3 is 2.44 bits per heavy atom. The number of hydrogen-bond donors (Lipinski definition) is 0. The van der Waals surface area contributed by atoms with Gasteiger partial charge in [-0.15, -0.1) is 0 Å². The van der Waals surface area contributed by atoms with Gasteiger partial charge in [-0.1, -0.05) is 13.8 Å². The normalized spacial score (nSPS) is 38.6. The molecule has 0 aromatic heterocycles. The third-order valence-electron chi connectivity index (χ3n) is 3.13. The quantitative estimate of drug-likeness (QED) is 0.406. The Labute approximate surface area is 97.0 Å². The second-order valence-corrected chi connectivity index (χ2v) is 7.85. The van der Waals surface area contributed by atoms with Gasteiger partial charge in [-0.3, -0.25) is 4.57 Å². The molecule has 2 aliphatic rings. The summed E-state index contributed by atoms with van der Waals surface area (Å²) in [6, 6.07) is 0. The lowest BCUT2D eigenvalue weighted by Crippen LogP contribution is -2.40. The molecule has 2 heterocycles. The third-order valence-corrected chi connectivity index (χ3v) is 5.66. The first kappa shape index (κ1) is 10.8. The van der Waals surface area contributed by atoms with Crippen LogP contribution in [-0.2, 0) is 13.6 Å². The fourth-order valence-corrected chi connectivity index (χ4v) is 4.14. The Bertz CT molecular complexity index is 409. The van der Waals surface area contributed by atoms with Gasteiger partial charge in [0.15, 0.2) is 6.19 Å². The number of hydroxylamine groups is 1. The summed E-state index contributed by atoms with van der Waals surface area (Å²) in [7, 11) is -3.47. The molecule has 0 N–H and O–H groups in total. The topological polar surface area (TPSA) is 61.6 Å². The summed E-state index contributed by atoms with van der Waals surface area (Å²) >= 11 is 0. The summed E-state index contributed by atoms with van der Waals surface area (Å²) in [4.78, 5) is 0. The van der Waals surface area contributed by atoms with Crippen LogP contribution < -0.4 is 0 Å². The van der Waals surface area contributed by atoms with E-state index in [4.69, 9.17) is 10.4 Å². The molecular weight excluding hydrogens is 229 g/mol. The fourth-order valence-electron chi connectivity index (χ4n) is 1.79. The summed E-state index contributed by atoms with van der Waals surface area (Å²) in [5.74, 6) is 0. The molecule has 5 nitrogen and oxygen atoms in total. The molecule has 0 radical (unpaired) electrons. The van der Waals surface area contributed by atoms with Crippen molar-refractivity contribution < 1.29 is 19.7 Å². The van der Waals surface area contributed by atoms with E-state index >= 15 is 0 Å². The maximum absolute atomic E-state index is 12.6. The molecule has 0 aromatic carbocycles. The molecule has 1 atom stereocenters. The SMILES string of the molecule is [2H]C1=[N+]([O-])C(C)(P2(=O)OCC(C)(C)CO2)CC1. The van der Waals surface area contributed by atoms with E-state index in [0.29, 0.717) is 30.8 Å². The van der Waals surface area contributed by atoms with Crippen LogP contribution in [0.5, 0.6) is 0 Å². The van der Waals surface area contributed by atoms with Crippen LogP contribution in [0.3, 0.4) is 0 Å². The van der Waals surface area contributed by atoms with E-state index in [1.807, 2.05) is 13.8 Å². The number of nitrogens with zero attached hydrogens (tertiary/aromatic N) is 1. The van der Waals surface area contributed by atoms with Crippen molar-refractivity contribution in [1.82, 2.24) is 0 Å². The van der Waals surface area contributed by atoms with Crippen molar-refractivity contribution in [2.24, 2.45) is 5.41 Å². The molecule has 1 saturated heterocycles. The van der Waals surface area contributed by atoms with Gasteiger partial charge in [0, 0.05) is 25.2 Å². The van der Waals surface area contributed by atoms with Crippen LogP contribution in [-0.4, -0.2) is 29.4 Å². The van der Waals surface area contributed by atoms with Gasteiger partial charge >= 0.3 is 7.60 Å². The largest absolute Gasteiger partial charge is 0.623 e. The van der Waals surface area contributed by atoms with E-state index in [1.165, 1.54) is 0 Å². The minimum Gasteiger partial charge on any atom is -0.623 e. The Balaban J connectivity index is 2.27. The molecular formula is C10H18NO4P. The molecule has 2 rings (SSSR count). The zero-order chi connectivity index (χ0) is 12.9. The zero-order valence-electron chi connectivity index (χ0n) is 10.9. The van der Waals surface area contributed by atoms with Crippen LogP contribution in [0.2, 0.25) is 0 Å². The van der Waals surface area contributed by atoms with Gasteiger partial charge in [0.2, 0.25) is 0 Å². The summed E-state index contributed by atoms with van der Waals surface area (Å²) in [5, 5.41) is 10.6. The molecule has 0 bridgehead atoms. The van der Waals surface area contributed by atoms with Crippen molar-refractivity contribution in [2.75, 3.05) is 13.2 Å². The Hall–Kier alpha value is -0.380. The highest BCUT2D eigenvalue weighted by atomic mass is 31.2. The highest BCUT2D eigenvalue weighted by Crippen LogP contribution is 2.65. The first-order chi connectivity index (χ1) is 7.70. The van der Waals surface area contributed by atoms with Crippen molar-refractivity contribution in [3.05, 3.63) is 5.21 Å². The lowest BCUT2D eigenvalue weighted by atomic mass is 9.97. The molecule has 0 aromatic rings. The Morgan fingerprint density at radius 2 is 2.00 bits per heavy atom. The monoisotopic (exact) mass is 248 g/mol. The van der Waals surface area contributed by atoms with E-state index in [9.17, 15) is 9.77 Å². The van der Waals surface area contributed by atoms with E-state index in [-0.39, 0.29) is 11.6 Å². The average molecular weight is 248 g/mol. The third kappa shape index (κ3) is 1.71. The van der Waals surface area contributed by atoms with Gasteiger partial charge < -0.3 is 14.3 Å². The van der Waals surface area contributed by atoms with Gasteiger partial charge in [-0.25, -0.2) is 0 Å². The highest BCUT2D eigenvalue weighted by molar-refractivity contribution is 7.55. The molecule has 2 aliphatic heterocycles. The van der Waals surface area contributed by atoms with Gasteiger partial charge in [0.1, 0.15) is 1.37 Å². The molecule has 6 heteroatoms. The summed E-state index contributed by atoms with van der Waals surface area (Å²) in [6.45, 7) is 6.07. The van der Waals surface area contributed by atoms with Crippen molar-refractivity contribution in [2.45, 2.75) is 38.9 Å². The molecule has 0 amide bonds. The van der Waals surface area contributed by atoms with Crippen LogP contribution >= 0.6 is 7.60 Å². The minimum absolute atomic E-state index is 0.0558. The van der Waals surface area contributed by atoms with Crippen molar-refractivity contribution in [3.8, 4) is 0 Å². The van der Waals surface area contributed by atoms with Crippen LogP contribution in [0, 0.1) is 10.6 Å². The molecule has 16 heavy (non-hydrogen) atoms. The second-order valence-electron chi connectivity index (χ2n) is 5.38. The number of rotatable bonds is 1.